The number of ketones is 1. The summed E-state index contributed by atoms with van der Waals surface area (Å²) in [6.07, 6.45) is 7.27. The first-order chi connectivity index (χ1) is 5.69. The summed E-state index contributed by atoms with van der Waals surface area (Å²) < 4.78 is 0. The number of nitrogens with zero attached hydrogens (tertiary/aromatic N) is 1. The van der Waals surface area contributed by atoms with Crippen LogP contribution in [0.25, 0.3) is 0 Å². The van der Waals surface area contributed by atoms with Crippen molar-refractivity contribution < 1.29 is 15.1 Å². The van der Waals surface area contributed by atoms with Gasteiger partial charge in [-0.25, -0.2) is 0 Å². The fourth-order valence-corrected chi connectivity index (χ4v) is 0.956. The second kappa shape index (κ2) is 3.32. The first-order valence-electron chi connectivity index (χ1n) is 3.48. The van der Waals surface area contributed by atoms with Crippen LogP contribution in [0.15, 0.2) is 29.5 Å². The predicted octanol–water partition coefficient (Wildman–Crippen LogP) is 0.263. The van der Waals surface area contributed by atoms with Crippen molar-refractivity contribution in [1.82, 2.24) is 0 Å². The fraction of sp³-hybridized carbons (Fsp3) is 0.250. The second-order valence-electron chi connectivity index (χ2n) is 2.52. The minimum absolute atomic E-state index is 0.217. The molecule has 0 aliphatic heterocycles. The number of carbonyl (C=O) groups excluding carboxylic acids is 1. The average molecular weight is 167 g/mol. The molecule has 2 N–H and O–H groups in total. The Morgan fingerprint density at radius 3 is 2.83 bits per heavy atom. The molecule has 1 unspecified atom stereocenters. The van der Waals surface area contributed by atoms with Crippen LogP contribution in [0.3, 0.4) is 0 Å². The molecular formula is C8H9NO3. The summed E-state index contributed by atoms with van der Waals surface area (Å²) in [6, 6.07) is 0. The van der Waals surface area contributed by atoms with Crippen LogP contribution in [-0.4, -0.2) is 27.9 Å². The first kappa shape index (κ1) is 8.67. The van der Waals surface area contributed by atoms with E-state index in [1.807, 2.05) is 0 Å². The maximum Gasteiger partial charge on any atom is 0.212 e. The van der Waals surface area contributed by atoms with Gasteiger partial charge in [0, 0.05) is 6.42 Å². The third kappa shape index (κ3) is 1.60. The summed E-state index contributed by atoms with van der Waals surface area (Å²) in [4.78, 5) is 11.1. The van der Waals surface area contributed by atoms with Crippen molar-refractivity contribution in [2.45, 2.75) is 12.0 Å². The van der Waals surface area contributed by atoms with Crippen molar-refractivity contribution >= 4 is 12.0 Å². The van der Waals surface area contributed by atoms with Gasteiger partial charge in [0.2, 0.25) is 5.78 Å². The van der Waals surface area contributed by atoms with Crippen LogP contribution in [0.1, 0.15) is 6.42 Å². The number of rotatable bonds is 2. The third-order valence-corrected chi connectivity index (χ3v) is 1.65. The Bertz CT molecular complexity index is 267. The van der Waals surface area contributed by atoms with E-state index >= 15 is 0 Å². The highest BCUT2D eigenvalue weighted by Gasteiger charge is 2.31. The summed E-state index contributed by atoms with van der Waals surface area (Å²) in [7, 11) is 0. The number of Topliss-reactive ketones (excluding diaryl/α,β-unsaturated/α-hetero) is 1. The molecule has 0 aromatic rings. The topological polar surface area (TPSA) is 69.9 Å². The van der Waals surface area contributed by atoms with Crippen molar-refractivity contribution in [2.24, 2.45) is 5.16 Å². The van der Waals surface area contributed by atoms with Crippen LogP contribution in [0.4, 0.5) is 0 Å². The highest BCUT2D eigenvalue weighted by atomic mass is 16.4. The lowest BCUT2D eigenvalue weighted by molar-refractivity contribution is -0.125. The third-order valence-electron chi connectivity index (χ3n) is 1.65. The number of carbonyl (C=O) groups is 1. The molecule has 0 bridgehead atoms. The van der Waals surface area contributed by atoms with Gasteiger partial charge in [-0.1, -0.05) is 23.4 Å². The molecule has 0 heterocycles. The second-order valence-corrected chi connectivity index (χ2v) is 2.52. The zero-order chi connectivity index (χ0) is 9.03. The standard InChI is InChI=1S/C8H9NO3/c10-7(6-9-12)8(11)4-2-1-3-5-8/h1-4,6,11-12H,5H2. The van der Waals surface area contributed by atoms with Crippen LogP contribution < -0.4 is 0 Å². The molecule has 0 aromatic heterocycles. The monoisotopic (exact) mass is 167 g/mol. The Balaban J connectivity index is 2.79. The maximum absolute atomic E-state index is 11.1. The summed E-state index contributed by atoms with van der Waals surface area (Å²) in [5.74, 6) is -0.620. The van der Waals surface area contributed by atoms with Gasteiger partial charge in [-0.05, 0) is 6.08 Å². The van der Waals surface area contributed by atoms with E-state index in [1.54, 1.807) is 18.2 Å². The largest absolute Gasteiger partial charge is 0.411 e. The minimum Gasteiger partial charge on any atom is -0.411 e. The number of oxime groups is 1. The Hall–Kier alpha value is -1.42. The molecule has 4 nitrogen and oxygen atoms in total. The van der Waals surface area contributed by atoms with Crippen molar-refractivity contribution in [1.29, 1.82) is 0 Å². The Morgan fingerprint density at radius 1 is 1.58 bits per heavy atom. The van der Waals surface area contributed by atoms with Crippen LogP contribution >= 0.6 is 0 Å². The van der Waals surface area contributed by atoms with Gasteiger partial charge in [-0.15, -0.1) is 0 Å². The molecule has 0 fully saturated rings. The van der Waals surface area contributed by atoms with Gasteiger partial charge in [0.1, 0.15) is 6.21 Å². The molecule has 1 aliphatic rings. The number of hydrogen-bond acceptors (Lipinski definition) is 4. The van der Waals surface area contributed by atoms with E-state index in [2.05, 4.69) is 5.16 Å². The molecule has 1 atom stereocenters. The van der Waals surface area contributed by atoms with E-state index < -0.39 is 11.4 Å². The first-order valence-corrected chi connectivity index (χ1v) is 3.48. The molecule has 64 valence electrons. The van der Waals surface area contributed by atoms with Gasteiger partial charge in [-0.3, -0.25) is 4.79 Å². The van der Waals surface area contributed by atoms with E-state index in [4.69, 9.17) is 5.21 Å². The molecular weight excluding hydrogens is 158 g/mol. The van der Waals surface area contributed by atoms with Gasteiger partial charge in [0.05, 0.1) is 0 Å². The van der Waals surface area contributed by atoms with Gasteiger partial charge < -0.3 is 10.3 Å². The molecule has 1 aliphatic carbocycles. The Kier molecular flexibility index (Phi) is 2.40. The van der Waals surface area contributed by atoms with Crippen molar-refractivity contribution in [3.63, 3.8) is 0 Å². The lowest BCUT2D eigenvalue weighted by atomic mass is 9.91. The smallest absolute Gasteiger partial charge is 0.212 e. The number of hydrogen-bond donors (Lipinski definition) is 2. The highest BCUT2D eigenvalue weighted by Crippen LogP contribution is 2.17. The van der Waals surface area contributed by atoms with Crippen molar-refractivity contribution in [3.05, 3.63) is 24.3 Å². The van der Waals surface area contributed by atoms with Crippen molar-refractivity contribution in [2.75, 3.05) is 0 Å². The predicted molar refractivity (Wildman–Crippen MR) is 43.1 cm³/mol. The SMILES string of the molecule is O=C(C=NO)C1(O)C=CC=CC1. The van der Waals surface area contributed by atoms with E-state index in [-0.39, 0.29) is 6.42 Å². The summed E-state index contributed by atoms with van der Waals surface area (Å²) in [5.41, 5.74) is -1.53. The molecule has 0 amide bonds. The van der Waals surface area contributed by atoms with Crippen LogP contribution in [0.5, 0.6) is 0 Å². The molecule has 4 heteroatoms. The molecule has 0 aromatic carbocycles. The van der Waals surface area contributed by atoms with E-state index in [0.29, 0.717) is 6.21 Å². The van der Waals surface area contributed by atoms with Crippen LogP contribution in [0, 0.1) is 0 Å². The number of aliphatic hydroxyl groups is 1. The van der Waals surface area contributed by atoms with E-state index in [9.17, 15) is 9.90 Å². The average Bonchev–Trinajstić information content (AvgIpc) is 2.06. The van der Waals surface area contributed by atoms with Gasteiger partial charge in [-0.2, -0.15) is 0 Å². The van der Waals surface area contributed by atoms with E-state index in [1.165, 1.54) is 6.08 Å². The normalized spacial score (nSPS) is 28.1. The zero-order valence-electron chi connectivity index (χ0n) is 6.34. The van der Waals surface area contributed by atoms with Gasteiger partial charge in [0.15, 0.2) is 5.60 Å². The van der Waals surface area contributed by atoms with E-state index in [0.717, 1.165) is 0 Å². The molecule has 0 saturated heterocycles. The highest BCUT2D eigenvalue weighted by molar-refractivity contribution is 6.31. The molecule has 0 spiro atoms. The zero-order valence-corrected chi connectivity index (χ0v) is 6.34. The Morgan fingerprint density at radius 2 is 2.33 bits per heavy atom. The quantitative estimate of drug-likeness (QED) is 0.352. The number of allylic oxidation sites excluding steroid dienone is 2. The maximum atomic E-state index is 11.1. The van der Waals surface area contributed by atoms with Crippen LogP contribution in [-0.2, 0) is 4.79 Å². The summed E-state index contributed by atoms with van der Waals surface area (Å²) in [6.45, 7) is 0. The Labute approximate surface area is 69.5 Å². The molecule has 1 rings (SSSR count). The van der Waals surface area contributed by atoms with Crippen molar-refractivity contribution in [3.8, 4) is 0 Å². The summed E-state index contributed by atoms with van der Waals surface area (Å²) >= 11 is 0. The molecule has 12 heavy (non-hydrogen) atoms. The van der Waals surface area contributed by atoms with Gasteiger partial charge >= 0.3 is 0 Å². The fourth-order valence-electron chi connectivity index (χ4n) is 0.956. The minimum atomic E-state index is -1.53. The lowest BCUT2D eigenvalue weighted by Crippen LogP contribution is -2.37. The van der Waals surface area contributed by atoms with Gasteiger partial charge in [0.25, 0.3) is 0 Å². The molecule has 0 radical (unpaired) electrons. The lowest BCUT2D eigenvalue weighted by Gasteiger charge is -2.20. The molecule has 0 saturated carbocycles. The summed E-state index contributed by atoms with van der Waals surface area (Å²) in [5, 5.41) is 20.2. The van der Waals surface area contributed by atoms with Crippen LogP contribution in [0.2, 0.25) is 0 Å².